The molecule has 0 N–H and O–H groups in total. The molecule has 7 nitrogen and oxygen atoms in total. The molecule has 0 radical (unpaired) electrons. The summed E-state index contributed by atoms with van der Waals surface area (Å²) in [6.45, 7) is -0.388. The van der Waals surface area contributed by atoms with Crippen LogP contribution in [0, 0.1) is 5.82 Å². The molecule has 0 aliphatic rings. The molecule has 31 heavy (non-hydrogen) atoms. The average Bonchev–Trinajstić information content (AvgIpc) is 2.80. The standard InChI is InChI=1S/C23H18FN3O4/c24-18-10-8-16(9-11-18)13-27-22(29)21-19(7-4-12-25-21)26(23(27)30)14-20(28)31-15-17-5-2-1-3-6-17/h1-12H,13-15H2. The first kappa shape index (κ1) is 20.2. The maximum Gasteiger partial charge on any atom is 0.332 e. The van der Waals surface area contributed by atoms with Crippen molar-refractivity contribution in [3.05, 3.63) is 111 Å². The number of rotatable bonds is 6. The molecule has 0 aliphatic heterocycles. The summed E-state index contributed by atoms with van der Waals surface area (Å²) < 4.78 is 20.6. The molecule has 0 bridgehead atoms. The summed E-state index contributed by atoms with van der Waals surface area (Å²) in [7, 11) is 0. The van der Waals surface area contributed by atoms with Gasteiger partial charge in [0, 0.05) is 6.20 Å². The smallest absolute Gasteiger partial charge is 0.332 e. The maximum absolute atomic E-state index is 13.2. The third-order valence-corrected chi connectivity index (χ3v) is 4.77. The summed E-state index contributed by atoms with van der Waals surface area (Å²) >= 11 is 0. The molecule has 0 fully saturated rings. The summed E-state index contributed by atoms with van der Waals surface area (Å²) in [6, 6.07) is 17.8. The fourth-order valence-electron chi connectivity index (χ4n) is 3.22. The second kappa shape index (κ2) is 8.74. The number of esters is 1. The largest absolute Gasteiger partial charge is 0.459 e. The van der Waals surface area contributed by atoms with Crippen LogP contribution in [0.4, 0.5) is 4.39 Å². The number of nitrogens with zero attached hydrogens (tertiary/aromatic N) is 3. The Labute approximate surface area is 176 Å². The normalized spacial score (nSPS) is 10.9. The fraction of sp³-hybridized carbons (Fsp3) is 0.130. The van der Waals surface area contributed by atoms with Crippen LogP contribution in [-0.4, -0.2) is 20.1 Å². The highest BCUT2D eigenvalue weighted by atomic mass is 19.1. The number of aromatic nitrogens is 3. The first-order valence-electron chi connectivity index (χ1n) is 9.55. The van der Waals surface area contributed by atoms with Gasteiger partial charge in [-0.25, -0.2) is 14.2 Å². The van der Waals surface area contributed by atoms with Gasteiger partial charge in [0.15, 0.2) is 5.52 Å². The van der Waals surface area contributed by atoms with Crippen molar-refractivity contribution in [3.8, 4) is 0 Å². The lowest BCUT2D eigenvalue weighted by Gasteiger charge is -2.13. The zero-order chi connectivity index (χ0) is 21.8. The quantitative estimate of drug-likeness (QED) is 0.449. The summed E-state index contributed by atoms with van der Waals surface area (Å²) in [4.78, 5) is 42.5. The van der Waals surface area contributed by atoms with Crippen LogP contribution in [-0.2, 0) is 29.2 Å². The zero-order valence-corrected chi connectivity index (χ0v) is 16.4. The monoisotopic (exact) mass is 419 g/mol. The van der Waals surface area contributed by atoms with Crippen molar-refractivity contribution in [3.63, 3.8) is 0 Å². The number of pyridine rings is 1. The number of benzene rings is 2. The number of halogens is 1. The molecule has 0 aliphatic carbocycles. The lowest BCUT2D eigenvalue weighted by molar-refractivity contribution is -0.145. The van der Waals surface area contributed by atoms with Gasteiger partial charge in [0.2, 0.25) is 0 Å². The average molecular weight is 419 g/mol. The van der Waals surface area contributed by atoms with E-state index in [1.165, 1.54) is 35.0 Å². The van der Waals surface area contributed by atoms with Crippen LogP contribution in [0.3, 0.4) is 0 Å². The van der Waals surface area contributed by atoms with Gasteiger partial charge in [-0.05, 0) is 35.4 Å². The highest BCUT2D eigenvalue weighted by Gasteiger charge is 2.17. The van der Waals surface area contributed by atoms with Crippen molar-refractivity contribution in [2.75, 3.05) is 0 Å². The molecule has 4 aromatic rings. The van der Waals surface area contributed by atoms with Crippen LogP contribution in [0.25, 0.3) is 11.0 Å². The Hall–Kier alpha value is -4.07. The van der Waals surface area contributed by atoms with E-state index in [2.05, 4.69) is 4.98 Å². The minimum Gasteiger partial charge on any atom is -0.459 e. The van der Waals surface area contributed by atoms with E-state index in [9.17, 15) is 18.8 Å². The van der Waals surface area contributed by atoms with Gasteiger partial charge in [-0.2, -0.15) is 0 Å². The predicted octanol–water partition coefficient (Wildman–Crippen LogP) is 2.49. The second-order valence-corrected chi connectivity index (χ2v) is 6.90. The van der Waals surface area contributed by atoms with Crippen LogP contribution in [0.15, 0.2) is 82.5 Å². The fourth-order valence-corrected chi connectivity index (χ4v) is 3.22. The summed E-state index contributed by atoms with van der Waals surface area (Å²) in [5, 5.41) is 0. The Balaban J connectivity index is 1.68. The molecule has 2 aromatic carbocycles. The Morgan fingerprint density at radius 2 is 1.65 bits per heavy atom. The van der Waals surface area contributed by atoms with E-state index in [1.807, 2.05) is 30.3 Å². The third-order valence-electron chi connectivity index (χ3n) is 4.77. The zero-order valence-electron chi connectivity index (χ0n) is 16.4. The summed E-state index contributed by atoms with van der Waals surface area (Å²) in [5.74, 6) is -1.04. The van der Waals surface area contributed by atoms with Crippen molar-refractivity contribution in [2.24, 2.45) is 0 Å². The molecule has 0 amide bonds. The van der Waals surface area contributed by atoms with E-state index in [1.54, 1.807) is 12.1 Å². The summed E-state index contributed by atoms with van der Waals surface area (Å²) in [6.07, 6.45) is 1.44. The van der Waals surface area contributed by atoms with E-state index < -0.39 is 23.0 Å². The number of hydrogen-bond donors (Lipinski definition) is 0. The first-order chi connectivity index (χ1) is 15.0. The van der Waals surface area contributed by atoms with Crippen molar-refractivity contribution in [1.82, 2.24) is 14.1 Å². The molecule has 0 unspecified atom stereocenters. The Morgan fingerprint density at radius 3 is 2.39 bits per heavy atom. The molecule has 0 saturated heterocycles. The van der Waals surface area contributed by atoms with Crippen LogP contribution >= 0.6 is 0 Å². The number of carbonyl (C=O) groups excluding carboxylic acids is 1. The molecule has 8 heteroatoms. The Morgan fingerprint density at radius 1 is 0.903 bits per heavy atom. The molecular weight excluding hydrogens is 401 g/mol. The Kier molecular flexibility index (Phi) is 5.70. The molecule has 156 valence electrons. The van der Waals surface area contributed by atoms with Gasteiger partial charge in [-0.3, -0.25) is 18.7 Å². The highest BCUT2D eigenvalue weighted by molar-refractivity contribution is 5.76. The molecule has 0 spiro atoms. The Bertz CT molecular complexity index is 1350. The van der Waals surface area contributed by atoms with Gasteiger partial charge in [0.25, 0.3) is 5.56 Å². The third kappa shape index (κ3) is 4.42. The van der Waals surface area contributed by atoms with Gasteiger partial charge in [-0.1, -0.05) is 42.5 Å². The molecule has 2 heterocycles. The van der Waals surface area contributed by atoms with Gasteiger partial charge < -0.3 is 4.74 Å². The van der Waals surface area contributed by atoms with Crippen molar-refractivity contribution in [1.29, 1.82) is 0 Å². The lowest BCUT2D eigenvalue weighted by Crippen LogP contribution is -2.41. The minimum atomic E-state index is -0.675. The minimum absolute atomic E-state index is 0.0556. The van der Waals surface area contributed by atoms with Gasteiger partial charge >= 0.3 is 11.7 Å². The van der Waals surface area contributed by atoms with Gasteiger partial charge in [0.1, 0.15) is 19.0 Å². The van der Waals surface area contributed by atoms with Crippen molar-refractivity contribution < 1.29 is 13.9 Å². The van der Waals surface area contributed by atoms with Gasteiger partial charge in [0.05, 0.1) is 12.1 Å². The van der Waals surface area contributed by atoms with E-state index in [4.69, 9.17) is 4.74 Å². The van der Waals surface area contributed by atoms with E-state index in [-0.39, 0.29) is 30.7 Å². The second-order valence-electron chi connectivity index (χ2n) is 6.90. The van der Waals surface area contributed by atoms with Gasteiger partial charge in [-0.15, -0.1) is 0 Å². The summed E-state index contributed by atoms with van der Waals surface area (Å²) in [5.41, 5.74) is 0.417. The molecule has 0 saturated carbocycles. The van der Waals surface area contributed by atoms with Crippen LogP contribution in [0.5, 0.6) is 0 Å². The van der Waals surface area contributed by atoms with Crippen molar-refractivity contribution >= 4 is 17.0 Å². The van der Waals surface area contributed by atoms with Crippen LogP contribution in [0.2, 0.25) is 0 Å². The first-order valence-corrected chi connectivity index (χ1v) is 9.55. The SMILES string of the molecule is O=C(Cn1c(=O)n(Cc2ccc(F)cc2)c(=O)c2ncccc21)OCc1ccccc1. The topological polar surface area (TPSA) is 83.2 Å². The molecule has 2 aromatic heterocycles. The van der Waals surface area contributed by atoms with E-state index >= 15 is 0 Å². The van der Waals surface area contributed by atoms with Crippen LogP contribution in [0.1, 0.15) is 11.1 Å². The number of carbonyl (C=O) groups is 1. The predicted molar refractivity (Wildman–Crippen MR) is 112 cm³/mol. The number of ether oxygens (including phenoxy) is 1. The molecule has 0 atom stereocenters. The number of fused-ring (bicyclic) bond motifs is 1. The van der Waals surface area contributed by atoms with E-state index in [0.29, 0.717) is 5.56 Å². The maximum atomic E-state index is 13.2. The van der Waals surface area contributed by atoms with Crippen molar-refractivity contribution in [2.45, 2.75) is 19.7 Å². The lowest BCUT2D eigenvalue weighted by atomic mass is 10.2. The highest BCUT2D eigenvalue weighted by Crippen LogP contribution is 2.08. The molecule has 4 rings (SSSR count). The number of hydrogen-bond acceptors (Lipinski definition) is 5. The van der Waals surface area contributed by atoms with Crippen LogP contribution < -0.4 is 11.2 Å². The van der Waals surface area contributed by atoms with E-state index in [0.717, 1.165) is 10.1 Å². The molecular formula is C23H18FN3O4.